The molecule has 0 aliphatic rings. The van der Waals surface area contributed by atoms with Crippen LogP contribution in [-0.2, 0) is 23.1 Å². The summed E-state index contributed by atoms with van der Waals surface area (Å²) in [6.07, 6.45) is 25.0. The number of carbonyl (C=O) groups is 1. The second-order valence-electron chi connectivity index (χ2n) is 11.7. The summed E-state index contributed by atoms with van der Waals surface area (Å²) in [7, 11) is 1.56. The number of nitrogens with zero attached hydrogens (tertiary/aromatic N) is 1. The van der Waals surface area contributed by atoms with Crippen molar-refractivity contribution in [3.05, 3.63) is 12.2 Å². The Labute approximate surface area is 239 Å². The standard InChI is InChI=1S/C30H60NO7P/c1-5-6-7-8-9-10-11-12-13-14-15-16-17-18-19-20-21-22-23-24-30(33)36-27-29(32)28-38-39(34,35)37-26-25-31(2,3)4/h12-13,29,32H,5-11,14-28H2,1-4H3/p+1/b13-12+/t29-/m1/s1. The van der Waals surface area contributed by atoms with E-state index in [9.17, 15) is 19.4 Å². The van der Waals surface area contributed by atoms with Gasteiger partial charge in [-0.15, -0.1) is 0 Å². The van der Waals surface area contributed by atoms with Gasteiger partial charge in [-0.05, 0) is 32.1 Å². The first kappa shape index (κ1) is 38.2. The number of likely N-dealkylation sites (N-methyl/N-ethyl adjacent to an activating group) is 1. The number of quaternary nitrogens is 1. The van der Waals surface area contributed by atoms with E-state index in [0.717, 1.165) is 19.3 Å². The second-order valence-corrected chi connectivity index (χ2v) is 13.2. The van der Waals surface area contributed by atoms with E-state index in [0.29, 0.717) is 17.4 Å². The number of rotatable bonds is 28. The molecular formula is C30H61NO7P+. The highest BCUT2D eigenvalue weighted by atomic mass is 31.2. The van der Waals surface area contributed by atoms with Crippen LogP contribution in [0.15, 0.2) is 12.2 Å². The minimum atomic E-state index is -4.24. The molecule has 9 heteroatoms. The predicted molar refractivity (Wildman–Crippen MR) is 160 cm³/mol. The van der Waals surface area contributed by atoms with Crippen LogP contribution in [-0.4, -0.2) is 74.1 Å². The minimum Gasteiger partial charge on any atom is -0.463 e. The predicted octanol–water partition coefficient (Wildman–Crippen LogP) is 7.33. The van der Waals surface area contributed by atoms with Crippen LogP contribution in [0.3, 0.4) is 0 Å². The molecule has 0 amide bonds. The zero-order chi connectivity index (χ0) is 29.2. The summed E-state index contributed by atoms with van der Waals surface area (Å²) in [5.74, 6) is -0.374. The molecule has 2 atom stereocenters. The molecule has 232 valence electrons. The summed E-state index contributed by atoms with van der Waals surface area (Å²) >= 11 is 0. The highest BCUT2D eigenvalue weighted by Crippen LogP contribution is 2.43. The van der Waals surface area contributed by atoms with Gasteiger partial charge < -0.3 is 19.2 Å². The number of hydrogen-bond donors (Lipinski definition) is 2. The number of unbranched alkanes of at least 4 members (excludes halogenated alkanes) is 15. The van der Waals surface area contributed by atoms with Crippen molar-refractivity contribution >= 4 is 13.8 Å². The number of carbonyl (C=O) groups excluding carboxylic acids is 1. The van der Waals surface area contributed by atoms with Gasteiger partial charge in [0.05, 0.1) is 27.7 Å². The lowest BCUT2D eigenvalue weighted by atomic mass is 10.1. The van der Waals surface area contributed by atoms with Crippen molar-refractivity contribution in [3.8, 4) is 0 Å². The first-order valence-corrected chi connectivity index (χ1v) is 17.0. The maximum atomic E-state index is 11.9. The van der Waals surface area contributed by atoms with E-state index in [1.807, 2.05) is 21.1 Å². The number of ether oxygens (including phenoxy) is 1. The molecule has 0 bridgehead atoms. The molecule has 0 saturated carbocycles. The number of aliphatic hydroxyl groups excluding tert-OH is 1. The van der Waals surface area contributed by atoms with E-state index >= 15 is 0 Å². The highest BCUT2D eigenvalue weighted by Gasteiger charge is 2.24. The van der Waals surface area contributed by atoms with Crippen LogP contribution in [0.25, 0.3) is 0 Å². The number of esters is 1. The van der Waals surface area contributed by atoms with Crippen LogP contribution in [0.5, 0.6) is 0 Å². The summed E-state index contributed by atoms with van der Waals surface area (Å²) in [6.45, 7) is 2.14. The van der Waals surface area contributed by atoms with Gasteiger partial charge in [0.2, 0.25) is 0 Å². The Hall–Kier alpha value is -0.760. The van der Waals surface area contributed by atoms with E-state index < -0.39 is 20.5 Å². The number of phosphoric acid groups is 1. The fourth-order valence-corrected chi connectivity index (χ4v) is 4.75. The summed E-state index contributed by atoms with van der Waals surface area (Å²) in [6, 6.07) is 0. The summed E-state index contributed by atoms with van der Waals surface area (Å²) in [5.41, 5.74) is 0. The molecule has 0 aliphatic heterocycles. The van der Waals surface area contributed by atoms with Crippen molar-refractivity contribution < 1.29 is 37.6 Å². The van der Waals surface area contributed by atoms with Gasteiger partial charge in [0.1, 0.15) is 25.9 Å². The van der Waals surface area contributed by atoms with Crippen molar-refractivity contribution in [2.75, 3.05) is 47.5 Å². The molecule has 0 saturated heterocycles. The molecule has 0 rings (SSSR count). The van der Waals surface area contributed by atoms with Crippen molar-refractivity contribution in [1.82, 2.24) is 0 Å². The van der Waals surface area contributed by atoms with Crippen molar-refractivity contribution in [2.24, 2.45) is 0 Å². The summed E-state index contributed by atoms with van der Waals surface area (Å²) < 4.78 is 27.1. The molecule has 0 aromatic carbocycles. The second kappa shape index (κ2) is 25.0. The quantitative estimate of drug-likeness (QED) is 0.0329. The largest absolute Gasteiger partial charge is 0.472 e. The molecule has 39 heavy (non-hydrogen) atoms. The van der Waals surface area contributed by atoms with Crippen LogP contribution < -0.4 is 0 Å². The van der Waals surface area contributed by atoms with E-state index in [4.69, 9.17) is 13.8 Å². The molecule has 0 aromatic rings. The molecular weight excluding hydrogens is 517 g/mol. The molecule has 8 nitrogen and oxygen atoms in total. The number of hydrogen-bond acceptors (Lipinski definition) is 6. The Morgan fingerprint density at radius 1 is 0.769 bits per heavy atom. The van der Waals surface area contributed by atoms with Gasteiger partial charge in [0.25, 0.3) is 0 Å². The number of allylic oxidation sites excluding steroid dienone is 2. The van der Waals surface area contributed by atoms with Crippen LogP contribution in [0.2, 0.25) is 0 Å². The van der Waals surface area contributed by atoms with Crippen LogP contribution >= 0.6 is 7.82 Å². The fraction of sp³-hybridized carbons (Fsp3) is 0.900. The average Bonchev–Trinajstić information content (AvgIpc) is 2.86. The molecule has 0 heterocycles. The first-order chi connectivity index (χ1) is 18.6. The Balaban J connectivity index is 3.50. The van der Waals surface area contributed by atoms with E-state index in [1.165, 1.54) is 89.9 Å². The smallest absolute Gasteiger partial charge is 0.463 e. The maximum Gasteiger partial charge on any atom is 0.472 e. The number of phosphoric ester groups is 1. The van der Waals surface area contributed by atoms with E-state index in [-0.39, 0.29) is 19.2 Å². The Morgan fingerprint density at radius 2 is 1.26 bits per heavy atom. The SMILES string of the molecule is CCCCCCCC/C=C/CCCCCCCCCCCC(=O)OC[C@@H](O)COP(=O)(O)OCC[N+](C)(C)C. The van der Waals surface area contributed by atoms with Gasteiger partial charge in [-0.3, -0.25) is 13.8 Å². The van der Waals surface area contributed by atoms with Crippen LogP contribution in [0, 0.1) is 0 Å². The maximum absolute atomic E-state index is 11.9. The Morgan fingerprint density at radius 3 is 1.77 bits per heavy atom. The topological polar surface area (TPSA) is 102 Å². The highest BCUT2D eigenvalue weighted by molar-refractivity contribution is 7.47. The van der Waals surface area contributed by atoms with Gasteiger partial charge in [-0.1, -0.05) is 96.1 Å². The molecule has 0 aliphatic carbocycles. The van der Waals surface area contributed by atoms with E-state index in [2.05, 4.69) is 19.1 Å². The van der Waals surface area contributed by atoms with Gasteiger partial charge in [-0.25, -0.2) is 4.57 Å². The third-order valence-corrected chi connectivity index (χ3v) is 7.51. The summed E-state index contributed by atoms with van der Waals surface area (Å²) in [4.78, 5) is 21.5. The molecule has 0 radical (unpaired) electrons. The fourth-order valence-electron chi connectivity index (χ4n) is 4.00. The molecule has 0 aromatic heterocycles. The third kappa shape index (κ3) is 30.0. The van der Waals surface area contributed by atoms with Gasteiger partial charge in [0, 0.05) is 6.42 Å². The average molecular weight is 579 g/mol. The Bertz CT molecular complexity index is 652. The van der Waals surface area contributed by atoms with Gasteiger partial charge in [0.15, 0.2) is 0 Å². The lowest BCUT2D eigenvalue weighted by Gasteiger charge is -2.24. The lowest BCUT2D eigenvalue weighted by Crippen LogP contribution is -2.37. The third-order valence-electron chi connectivity index (χ3n) is 6.53. The van der Waals surface area contributed by atoms with Crippen molar-refractivity contribution in [2.45, 2.75) is 129 Å². The summed E-state index contributed by atoms with van der Waals surface area (Å²) in [5, 5.41) is 9.85. The zero-order valence-corrected chi connectivity index (χ0v) is 26.5. The van der Waals surface area contributed by atoms with Gasteiger partial charge >= 0.3 is 13.8 Å². The van der Waals surface area contributed by atoms with Crippen LogP contribution in [0.4, 0.5) is 0 Å². The molecule has 0 spiro atoms. The van der Waals surface area contributed by atoms with Crippen molar-refractivity contribution in [3.63, 3.8) is 0 Å². The van der Waals surface area contributed by atoms with Gasteiger partial charge in [-0.2, -0.15) is 0 Å². The lowest BCUT2D eigenvalue weighted by molar-refractivity contribution is -0.870. The van der Waals surface area contributed by atoms with Crippen molar-refractivity contribution in [1.29, 1.82) is 0 Å². The molecule has 0 fully saturated rings. The normalized spacial score (nSPS) is 14.5. The van der Waals surface area contributed by atoms with Crippen LogP contribution in [0.1, 0.15) is 122 Å². The minimum absolute atomic E-state index is 0.0552. The molecule has 1 unspecified atom stereocenters. The monoisotopic (exact) mass is 578 g/mol. The van der Waals surface area contributed by atoms with E-state index in [1.54, 1.807) is 0 Å². The zero-order valence-electron chi connectivity index (χ0n) is 25.6. The first-order valence-electron chi connectivity index (χ1n) is 15.5. The number of aliphatic hydroxyl groups is 1. The molecule has 2 N–H and O–H groups in total. The Kier molecular flexibility index (Phi) is 24.5.